The Balaban J connectivity index is 1.37. The van der Waals surface area contributed by atoms with E-state index in [1.54, 1.807) is 11.0 Å². The lowest BCUT2D eigenvalue weighted by Crippen LogP contribution is -2.51. The largest absolute Gasteiger partial charge is 0.380 e. The van der Waals surface area contributed by atoms with E-state index in [0.717, 1.165) is 22.9 Å². The van der Waals surface area contributed by atoms with E-state index in [9.17, 15) is 9.59 Å². The van der Waals surface area contributed by atoms with Gasteiger partial charge in [-0.1, -0.05) is 41.6 Å². The third-order valence-corrected chi connectivity index (χ3v) is 5.49. The van der Waals surface area contributed by atoms with Crippen LogP contribution in [0.4, 0.5) is 5.82 Å². The third kappa shape index (κ3) is 4.13. The van der Waals surface area contributed by atoms with Crippen molar-refractivity contribution in [3.8, 4) is 0 Å². The standard InChI is InChI=1S/C22H25N5O3/c23-17(11-14-5-2-1-3-6-14)22(29)27-10-4-7-18(27)21(28)25-13-15-8-9-16-19(12-15)30-26-20(16)24/h1-3,5-6,8-9,12,17-18H,4,7,10-11,13,23H2,(H2,24,26)(H,25,28)/t17-,18+/m1/s1. The summed E-state index contributed by atoms with van der Waals surface area (Å²) < 4.78 is 5.17. The fourth-order valence-corrected chi connectivity index (χ4v) is 3.89. The molecule has 4 rings (SSSR count). The van der Waals surface area contributed by atoms with E-state index in [1.165, 1.54) is 0 Å². The molecule has 1 fully saturated rings. The molecule has 1 aliphatic heterocycles. The highest BCUT2D eigenvalue weighted by Gasteiger charge is 2.36. The summed E-state index contributed by atoms with van der Waals surface area (Å²) in [6.45, 7) is 0.868. The zero-order valence-corrected chi connectivity index (χ0v) is 16.6. The number of carbonyl (C=O) groups excluding carboxylic acids is 2. The van der Waals surface area contributed by atoms with Gasteiger partial charge in [0.2, 0.25) is 11.8 Å². The SMILES string of the molecule is Nc1noc2cc(CNC(=O)[C@@H]3CCCN3C(=O)[C@H](N)Cc3ccccc3)ccc12. The number of nitrogens with one attached hydrogen (secondary N) is 1. The van der Waals surface area contributed by atoms with Crippen molar-refractivity contribution in [1.29, 1.82) is 0 Å². The van der Waals surface area contributed by atoms with Crippen molar-refractivity contribution < 1.29 is 14.1 Å². The van der Waals surface area contributed by atoms with E-state index >= 15 is 0 Å². The van der Waals surface area contributed by atoms with Crippen LogP contribution in [-0.4, -0.2) is 40.5 Å². The van der Waals surface area contributed by atoms with Crippen molar-refractivity contribution in [2.45, 2.75) is 37.9 Å². The number of hydrogen-bond donors (Lipinski definition) is 3. The van der Waals surface area contributed by atoms with Crippen LogP contribution >= 0.6 is 0 Å². The molecular weight excluding hydrogens is 382 g/mol. The van der Waals surface area contributed by atoms with Crippen molar-refractivity contribution in [3.05, 3.63) is 59.7 Å². The van der Waals surface area contributed by atoms with Gasteiger partial charge in [0.05, 0.1) is 11.4 Å². The van der Waals surface area contributed by atoms with Crippen molar-refractivity contribution in [2.75, 3.05) is 12.3 Å². The first-order valence-corrected chi connectivity index (χ1v) is 10.0. The molecule has 1 saturated heterocycles. The summed E-state index contributed by atoms with van der Waals surface area (Å²) in [6.07, 6.45) is 1.86. The first kappa shape index (κ1) is 19.9. The van der Waals surface area contributed by atoms with Gasteiger partial charge in [-0.3, -0.25) is 9.59 Å². The van der Waals surface area contributed by atoms with Crippen molar-refractivity contribution in [3.63, 3.8) is 0 Å². The summed E-state index contributed by atoms with van der Waals surface area (Å²) in [6, 6.07) is 14.0. The molecule has 2 heterocycles. The molecule has 0 radical (unpaired) electrons. The summed E-state index contributed by atoms with van der Waals surface area (Å²) in [5.74, 6) is -0.0208. The van der Waals surface area contributed by atoms with Crippen LogP contribution in [0.15, 0.2) is 53.1 Å². The topological polar surface area (TPSA) is 127 Å². The van der Waals surface area contributed by atoms with Crippen LogP contribution < -0.4 is 16.8 Å². The quantitative estimate of drug-likeness (QED) is 0.569. The lowest BCUT2D eigenvalue weighted by molar-refractivity contribution is -0.139. The third-order valence-electron chi connectivity index (χ3n) is 5.49. The highest BCUT2D eigenvalue weighted by atomic mass is 16.5. The second-order valence-electron chi connectivity index (χ2n) is 7.60. The number of anilines is 1. The molecule has 0 unspecified atom stereocenters. The van der Waals surface area contributed by atoms with Gasteiger partial charge in [0.15, 0.2) is 11.4 Å². The normalized spacial score (nSPS) is 17.2. The van der Waals surface area contributed by atoms with Gasteiger partial charge >= 0.3 is 0 Å². The molecule has 5 N–H and O–H groups in total. The predicted octanol–water partition coefficient (Wildman–Crippen LogP) is 1.59. The van der Waals surface area contributed by atoms with Gasteiger partial charge in [-0.15, -0.1) is 0 Å². The molecule has 2 amide bonds. The molecule has 1 aromatic heterocycles. The first-order valence-electron chi connectivity index (χ1n) is 10.0. The van der Waals surface area contributed by atoms with Crippen LogP contribution in [-0.2, 0) is 22.6 Å². The number of rotatable bonds is 6. The van der Waals surface area contributed by atoms with E-state index in [2.05, 4.69) is 10.5 Å². The van der Waals surface area contributed by atoms with Crippen LogP contribution in [0.25, 0.3) is 11.0 Å². The van der Waals surface area contributed by atoms with Crippen molar-refractivity contribution in [1.82, 2.24) is 15.4 Å². The molecule has 8 nitrogen and oxygen atoms in total. The maximum atomic E-state index is 12.9. The molecule has 0 spiro atoms. The number of nitrogens with two attached hydrogens (primary N) is 2. The molecule has 0 saturated carbocycles. The van der Waals surface area contributed by atoms with Crippen LogP contribution in [0.3, 0.4) is 0 Å². The Hall–Kier alpha value is -3.39. The number of nitrogen functional groups attached to an aromatic ring is 1. The Morgan fingerprint density at radius 3 is 2.80 bits per heavy atom. The first-order chi connectivity index (χ1) is 14.5. The van der Waals surface area contributed by atoms with Crippen LogP contribution in [0.5, 0.6) is 0 Å². The van der Waals surface area contributed by atoms with Crippen LogP contribution in [0.2, 0.25) is 0 Å². The Kier molecular flexibility index (Phi) is 5.67. The van der Waals surface area contributed by atoms with Gasteiger partial charge in [-0.25, -0.2) is 0 Å². The highest BCUT2D eigenvalue weighted by molar-refractivity contribution is 5.90. The summed E-state index contributed by atoms with van der Waals surface area (Å²) in [5.41, 5.74) is 14.3. The number of aromatic nitrogens is 1. The number of hydrogen-bond acceptors (Lipinski definition) is 6. The van der Waals surface area contributed by atoms with E-state index in [1.807, 2.05) is 42.5 Å². The average Bonchev–Trinajstić information content (AvgIpc) is 3.39. The maximum absolute atomic E-state index is 12.9. The van der Waals surface area contributed by atoms with Gasteiger partial charge in [0.1, 0.15) is 6.04 Å². The number of likely N-dealkylation sites (tertiary alicyclic amines) is 1. The van der Waals surface area contributed by atoms with E-state index in [-0.39, 0.29) is 11.8 Å². The number of nitrogens with zero attached hydrogens (tertiary/aromatic N) is 2. The van der Waals surface area contributed by atoms with Crippen LogP contribution in [0, 0.1) is 0 Å². The Morgan fingerprint density at radius 1 is 1.20 bits per heavy atom. The number of amides is 2. The Morgan fingerprint density at radius 2 is 2.00 bits per heavy atom. The second-order valence-corrected chi connectivity index (χ2v) is 7.60. The zero-order chi connectivity index (χ0) is 21.1. The molecule has 8 heteroatoms. The fraction of sp³-hybridized carbons (Fsp3) is 0.318. The lowest BCUT2D eigenvalue weighted by atomic mass is 10.1. The van der Waals surface area contributed by atoms with Crippen molar-refractivity contribution in [2.24, 2.45) is 5.73 Å². The van der Waals surface area contributed by atoms with Gasteiger partial charge < -0.3 is 26.2 Å². The molecule has 30 heavy (non-hydrogen) atoms. The molecule has 0 bridgehead atoms. The number of fused-ring (bicyclic) bond motifs is 1. The molecule has 1 aliphatic rings. The molecule has 2 atom stereocenters. The van der Waals surface area contributed by atoms with E-state index < -0.39 is 12.1 Å². The van der Waals surface area contributed by atoms with E-state index in [0.29, 0.717) is 37.3 Å². The van der Waals surface area contributed by atoms with Gasteiger partial charge in [-0.05, 0) is 42.5 Å². The van der Waals surface area contributed by atoms with Crippen molar-refractivity contribution >= 4 is 28.6 Å². The number of carbonyl (C=O) groups is 2. The monoisotopic (exact) mass is 407 g/mol. The molecule has 0 aliphatic carbocycles. The zero-order valence-electron chi connectivity index (χ0n) is 16.6. The fourth-order valence-electron chi connectivity index (χ4n) is 3.89. The minimum Gasteiger partial charge on any atom is -0.380 e. The maximum Gasteiger partial charge on any atom is 0.243 e. The minimum absolute atomic E-state index is 0.176. The summed E-state index contributed by atoms with van der Waals surface area (Å²) in [7, 11) is 0. The van der Waals surface area contributed by atoms with Gasteiger partial charge in [-0.2, -0.15) is 0 Å². The van der Waals surface area contributed by atoms with Gasteiger partial charge in [0.25, 0.3) is 0 Å². The Bertz CT molecular complexity index is 1050. The molecular formula is C22H25N5O3. The molecule has 3 aromatic rings. The van der Waals surface area contributed by atoms with E-state index in [4.69, 9.17) is 16.0 Å². The summed E-state index contributed by atoms with van der Waals surface area (Å²) >= 11 is 0. The predicted molar refractivity (Wildman–Crippen MR) is 113 cm³/mol. The van der Waals surface area contributed by atoms with Gasteiger partial charge in [0, 0.05) is 13.1 Å². The summed E-state index contributed by atoms with van der Waals surface area (Å²) in [5, 5.41) is 7.39. The minimum atomic E-state index is -0.667. The second kappa shape index (κ2) is 8.54. The smallest absolute Gasteiger partial charge is 0.243 e. The number of benzene rings is 2. The average molecular weight is 407 g/mol. The molecule has 156 valence electrons. The van der Waals surface area contributed by atoms with Crippen LogP contribution in [0.1, 0.15) is 24.0 Å². The highest BCUT2D eigenvalue weighted by Crippen LogP contribution is 2.22. The molecule has 2 aromatic carbocycles. The Labute approximate surface area is 174 Å². The lowest BCUT2D eigenvalue weighted by Gasteiger charge is -2.26. The summed E-state index contributed by atoms with van der Waals surface area (Å²) in [4.78, 5) is 27.3.